The second-order valence-corrected chi connectivity index (χ2v) is 5.99. The number of aliphatic hydroxyl groups excluding tert-OH is 1. The van der Waals surface area contributed by atoms with E-state index in [2.05, 4.69) is 24.1 Å². The Morgan fingerprint density at radius 1 is 1.27 bits per heavy atom. The number of benzene rings is 1. The van der Waals surface area contributed by atoms with Crippen molar-refractivity contribution in [3.05, 3.63) is 36.0 Å². The minimum atomic E-state index is 0.00459. The number of rotatable bonds is 8. The van der Waals surface area contributed by atoms with Crippen LogP contribution in [0.4, 0.5) is 0 Å². The van der Waals surface area contributed by atoms with E-state index in [0.717, 1.165) is 35.7 Å². The van der Waals surface area contributed by atoms with Gasteiger partial charge in [-0.3, -0.25) is 4.79 Å². The lowest BCUT2D eigenvalue weighted by Gasteiger charge is -2.31. The van der Waals surface area contributed by atoms with Crippen LogP contribution in [0.25, 0.3) is 10.9 Å². The third-order valence-corrected chi connectivity index (χ3v) is 4.83. The first-order valence-corrected chi connectivity index (χ1v) is 8.06. The topological polar surface area (TPSA) is 65.1 Å². The van der Waals surface area contributed by atoms with Crippen LogP contribution in [0.3, 0.4) is 0 Å². The van der Waals surface area contributed by atoms with Gasteiger partial charge >= 0.3 is 0 Å². The lowest BCUT2D eigenvalue weighted by atomic mass is 9.79. The number of carbonyl (C=O) groups is 1. The Morgan fingerprint density at radius 2 is 2.00 bits per heavy atom. The number of aliphatic hydroxyl groups is 1. The van der Waals surface area contributed by atoms with Crippen LogP contribution in [-0.2, 0) is 11.2 Å². The van der Waals surface area contributed by atoms with E-state index in [1.54, 1.807) is 0 Å². The van der Waals surface area contributed by atoms with Gasteiger partial charge in [0.1, 0.15) is 0 Å². The molecule has 0 unspecified atom stereocenters. The van der Waals surface area contributed by atoms with Crippen LogP contribution in [0.2, 0.25) is 0 Å². The number of hydrogen-bond donors (Lipinski definition) is 3. The quantitative estimate of drug-likeness (QED) is 0.702. The molecule has 0 atom stereocenters. The molecule has 0 bridgehead atoms. The molecule has 3 N–H and O–H groups in total. The zero-order chi connectivity index (χ0) is 16.0. The van der Waals surface area contributed by atoms with Crippen LogP contribution in [0.15, 0.2) is 30.5 Å². The third kappa shape index (κ3) is 3.69. The highest BCUT2D eigenvalue weighted by Gasteiger charge is 2.26. The summed E-state index contributed by atoms with van der Waals surface area (Å²) >= 11 is 0. The summed E-state index contributed by atoms with van der Waals surface area (Å²) < 4.78 is 0. The van der Waals surface area contributed by atoms with Gasteiger partial charge < -0.3 is 15.4 Å². The predicted octanol–water partition coefficient (Wildman–Crippen LogP) is 3.02. The minimum absolute atomic E-state index is 0.00459. The molecule has 4 heteroatoms. The standard InChI is InChI=1S/C18H26N2O2/c1-3-18(4-2,9-10-21)13-20-17(22)11-14-12-19-16-8-6-5-7-15(14)16/h5-8,12,19,21H,3-4,9-11,13H2,1-2H3,(H,20,22). The Morgan fingerprint density at radius 3 is 2.68 bits per heavy atom. The van der Waals surface area contributed by atoms with Crippen LogP contribution in [0, 0.1) is 5.41 Å². The van der Waals surface area contributed by atoms with E-state index in [1.165, 1.54) is 0 Å². The number of aromatic nitrogens is 1. The van der Waals surface area contributed by atoms with Crippen LogP contribution in [0.5, 0.6) is 0 Å². The van der Waals surface area contributed by atoms with E-state index in [4.69, 9.17) is 0 Å². The average Bonchev–Trinajstić information content (AvgIpc) is 2.95. The summed E-state index contributed by atoms with van der Waals surface area (Å²) in [6.07, 6.45) is 4.93. The fourth-order valence-corrected chi connectivity index (χ4v) is 2.98. The fraction of sp³-hybridized carbons (Fsp3) is 0.500. The highest BCUT2D eigenvalue weighted by atomic mass is 16.3. The number of para-hydroxylation sites is 1. The zero-order valence-electron chi connectivity index (χ0n) is 13.5. The van der Waals surface area contributed by atoms with E-state index in [9.17, 15) is 9.90 Å². The molecular formula is C18H26N2O2. The van der Waals surface area contributed by atoms with Gasteiger partial charge in [-0.15, -0.1) is 0 Å². The van der Waals surface area contributed by atoms with Crippen molar-refractivity contribution in [1.29, 1.82) is 0 Å². The fourth-order valence-electron chi connectivity index (χ4n) is 2.98. The highest BCUT2D eigenvalue weighted by Crippen LogP contribution is 2.29. The van der Waals surface area contributed by atoms with Crippen molar-refractivity contribution in [2.75, 3.05) is 13.2 Å². The first-order valence-electron chi connectivity index (χ1n) is 8.06. The number of fused-ring (bicyclic) bond motifs is 1. The third-order valence-electron chi connectivity index (χ3n) is 4.83. The van der Waals surface area contributed by atoms with E-state index in [-0.39, 0.29) is 17.9 Å². The summed E-state index contributed by atoms with van der Waals surface area (Å²) in [5.74, 6) is 0.0361. The molecule has 0 fully saturated rings. The van der Waals surface area contributed by atoms with Gasteiger partial charge in [0, 0.05) is 30.3 Å². The SMILES string of the molecule is CCC(CC)(CCO)CNC(=O)Cc1c[nH]c2ccccc12. The van der Waals surface area contributed by atoms with Crippen LogP contribution in [0.1, 0.15) is 38.7 Å². The van der Waals surface area contributed by atoms with Gasteiger partial charge in [-0.1, -0.05) is 32.0 Å². The summed E-state index contributed by atoms with van der Waals surface area (Å²) in [5.41, 5.74) is 2.08. The Hall–Kier alpha value is -1.81. The van der Waals surface area contributed by atoms with E-state index >= 15 is 0 Å². The molecule has 1 amide bonds. The monoisotopic (exact) mass is 302 g/mol. The van der Waals surface area contributed by atoms with Gasteiger partial charge in [0.15, 0.2) is 0 Å². The molecule has 0 radical (unpaired) electrons. The summed E-state index contributed by atoms with van der Waals surface area (Å²) in [4.78, 5) is 15.4. The molecule has 0 aliphatic rings. The van der Waals surface area contributed by atoms with Gasteiger partial charge in [0.2, 0.25) is 5.91 Å². The molecule has 1 heterocycles. The molecule has 120 valence electrons. The van der Waals surface area contributed by atoms with E-state index in [1.807, 2.05) is 30.5 Å². The molecule has 2 aromatic rings. The number of aromatic amines is 1. The molecule has 0 saturated carbocycles. The Kier molecular flexibility index (Phi) is 5.61. The zero-order valence-corrected chi connectivity index (χ0v) is 13.5. The van der Waals surface area contributed by atoms with Crippen molar-refractivity contribution in [2.24, 2.45) is 5.41 Å². The van der Waals surface area contributed by atoms with Crippen molar-refractivity contribution < 1.29 is 9.90 Å². The second-order valence-electron chi connectivity index (χ2n) is 5.99. The Bertz CT molecular complexity index is 614. The molecule has 0 aliphatic carbocycles. The van der Waals surface area contributed by atoms with E-state index < -0.39 is 0 Å². The minimum Gasteiger partial charge on any atom is -0.396 e. The maximum Gasteiger partial charge on any atom is 0.224 e. The summed E-state index contributed by atoms with van der Waals surface area (Å²) in [5, 5.41) is 13.4. The van der Waals surface area contributed by atoms with Gasteiger partial charge in [-0.2, -0.15) is 0 Å². The summed E-state index contributed by atoms with van der Waals surface area (Å²) in [6.45, 7) is 5.03. The number of carbonyl (C=O) groups excluding carboxylic acids is 1. The van der Waals surface area contributed by atoms with Crippen LogP contribution < -0.4 is 5.32 Å². The summed E-state index contributed by atoms with van der Waals surface area (Å²) in [7, 11) is 0. The van der Waals surface area contributed by atoms with Crippen LogP contribution >= 0.6 is 0 Å². The number of nitrogens with one attached hydrogen (secondary N) is 2. The van der Waals surface area contributed by atoms with Crippen molar-refractivity contribution in [3.8, 4) is 0 Å². The van der Waals surface area contributed by atoms with Gasteiger partial charge in [0.05, 0.1) is 6.42 Å². The largest absolute Gasteiger partial charge is 0.396 e. The molecule has 2 rings (SSSR count). The van der Waals surface area contributed by atoms with Gasteiger partial charge in [-0.25, -0.2) is 0 Å². The highest BCUT2D eigenvalue weighted by molar-refractivity contribution is 5.88. The van der Waals surface area contributed by atoms with E-state index in [0.29, 0.717) is 13.0 Å². The van der Waals surface area contributed by atoms with Crippen molar-refractivity contribution in [2.45, 2.75) is 39.5 Å². The van der Waals surface area contributed by atoms with Gasteiger partial charge in [0.25, 0.3) is 0 Å². The van der Waals surface area contributed by atoms with Crippen molar-refractivity contribution >= 4 is 16.8 Å². The smallest absolute Gasteiger partial charge is 0.224 e. The summed E-state index contributed by atoms with van der Waals surface area (Å²) in [6, 6.07) is 8.01. The van der Waals surface area contributed by atoms with Crippen molar-refractivity contribution in [1.82, 2.24) is 10.3 Å². The molecule has 22 heavy (non-hydrogen) atoms. The molecule has 4 nitrogen and oxygen atoms in total. The maximum absolute atomic E-state index is 12.2. The van der Waals surface area contributed by atoms with Crippen molar-refractivity contribution in [3.63, 3.8) is 0 Å². The van der Waals surface area contributed by atoms with Crippen LogP contribution in [-0.4, -0.2) is 29.1 Å². The Balaban J connectivity index is 1.98. The second kappa shape index (κ2) is 7.45. The molecule has 1 aromatic carbocycles. The predicted molar refractivity (Wildman–Crippen MR) is 89.7 cm³/mol. The molecule has 0 spiro atoms. The number of hydrogen-bond acceptors (Lipinski definition) is 2. The first kappa shape index (κ1) is 16.6. The maximum atomic E-state index is 12.2. The van der Waals surface area contributed by atoms with Gasteiger partial charge in [-0.05, 0) is 36.3 Å². The number of amides is 1. The lowest BCUT2D eigenvalue weighted by Crippen LogP contribution is -2.38. The lowest BCUT2D eigenvalue weighted by molar-refractivity contribution is -0.121. The number of H-pyrrole nitrogens is 1. The first-order chi connectivity index (χ1) is 10.6. The normalized spacial score (nSPS) is 11.8. The molecule has 0 saturated heterocycles. The molecular weight excluding hydrogens is 276 g/mol. The average molecular weight is 302 g/mol. The molecule has 1 aromatic heterocycles. The molecule has 0 aliphatic heterocycles. The Labute approximate surface area is 131 Å².